The Hall–Kier alpha value is -3.73. The molecule has 4 rings (SSSR count). The van der Waals surface area contributed by atoms with Crippen molar-refractivity contribution in [2.75, 3.05) is 0 Å². The number of carbonyl (C=O) groups excluding carboxylic acids is 1. The van der Waals surface area contributed by atoms with Crippen LogP contribution in [0.5, 0.6) is 0 Å². The van der Waals surface area contributed by atoms with Gasteiger partial charge in [0.15, 0.2) is 0 Å². The highest BCUT2D eigenvalue weighted by molar-refractivity contribution is 5.99. The average molecular weight is 470 g/mol. The maximum absolute atomic E-state index is 13.7. The molecule has 0 radical (unpaired) electrons. The van der Waals surface area contributed by atoms with Crippen molar-refractivity contribution in [3.8, 4) is 22.6 Å². The molecule has 0 spiro atoms. The molecule has 5 heteroatoms. The number of nitrogens with zero attached hydrogens (tertiary/aromatic N) is 2. The van der Waals surface area contributed by atoms with Gasteiger partial charge in [0.25, 0.3) is 5.91 Å². The van der Waals surface area contributed by atoms with Crippen molar-refractivity contribution in [2.45, 2.75) is 52.6 Å². The molecule has 1 N–H and O–H groups in total. The predicted octanol–water partition coefficient (Wildman–Crippen LogP) is 7.16. The highest BCUT2D eigenvalue weighted by atomic mass is 19.1. The monoisotopic (exact) mass is 469 g/mol. The van der Waals surface area contributed by atoms with Crippen LogP contribution in [-0.4, -0.2) is 15.5 Å². The van der Waals surface area contributed by atoms with E-state index in [0.29, 0.717) is 17.9 Å². The van der Waals surface area contributed by atoms with E-state index in [1.165, 1.54) is 17.7 Å². The molecule has 180 valence electrons. The Bertz CT molecular complexity index is 1300. The van der Waals surface area contributed by atoms with E-state index in [0.717, 1.165) is 22.5 Å². The third-order valence-corrected chi connectivity index (χ3v) is 6.27. The van der Waals surface area contributed by atoms with E-state index in [1.54, 1.807) is 12.1 Å². The lowest BCUT2D eigenvalue weighted by Gasteiger charge is -2.19. The van der Waals surface area contributed by atoms with Crippen LogP contribution in [-0.2, 0) is 12.0 Å². The van der Waals surface area contributed by atoms with Crippen molar-refractivity contribution < 1.29 is 9.18 Å². The van der Waals surface area contributed by atoms with Crippen LogP contribution in [0.3, 0.4) is 0 Å². The molecule has 0 aliphatic heterocycles. The summed E-state index contributed by atoms with van der Waals surface area (Å²) in [5.74, 6) is 0.237. The van der Waals surface area contributed by atoms with Crippen LogP contribution < -0.4 is 5.32 Å². The number of hydrogen-bond donors (Lipinski definition) is 1. The second-order valence-electron chi connectivity index (χ2n) is 9.82. The fraction of sp³-hybridized carbons (Fsp3) is 0.267. The second kappa shape index (κ2) is 9.87. The van der Waals surface area contributed by atoms with Crippen LogP contribution >= 0.6 is 0 Å². The summed E-state index contributed by atoms with van der Waals surface area (Å²) in [6.07, 6.45) is 0. The van der Waals surface area contributed by atoms with Gasteiger partial charge < -0.3 is 9.88 Å². The molecular weight excluding hydrogens is 437 g/mol. The van der Waals surface area contributed by atoms with E-state index in [-0.39, 0.29) is 23.2 Å². The summed E-state index contributed by atoms with van der Waals surface area (Å²) in [6.45, 7) is 11.0. The molecule has 1 amide bonds. The maximum atomic E-state index is 13.7. The molecule has 0 saturated carbocycles. The van der Waals surface area contributed by atoms with Gasteiger partial charge in [-0.3, -0.25) is 4.79 Å². The van der Waals surface area contributed by atoms with Gasteiger partial charge >= 0.3 is 0 Å². The van der Waals surface area contributed by atoms with E-state index in [1.807, 2.05) is 60.9 Å². The van der Waals surface area contributed by atoms with E-state index in [4.69, 9.17) is 4.98 Å². The molecule has 0 saturated heterocycles. The van der Waals surface area contributed by atoms with Gasteiger partial charge in [-0.1, -0.05) is 87.5 Å². The summed E-state index contributed by atoms with van der Waals surface area (Å²) >= 11 is 0. The van der Waals surface area contributed by atoms with Gasteiger partial charge in [0.1, 0.15) is 23.0 Å². The van der Waals surface area contributed by atoms with Gasteiger partial charge in [-0.25, -0.2) is 9.37 Å². The number of halogens is 1. The number of aromatic nitrogens is 2. The summed E-state index contributed by atoms with van der Waals surface area (Å²) in [6, 6.07) is 24.1. The first-order chi connectivity index (χ1) is 16.7. The van der Waals surface area contributed by atoms with Gasteiger partial charge in [-0.15, -0.1) is 0 Å². The smallest absolute Gasteiger partial charge is 0.270 e. The molecule has 35 heavy (non-hydrogen) atoms. The normalized spacial score (nSPS) is 12.4. The molecule has 3 aromatic carbocycles. The minimum absolute atomic E-state index is 0.0291. The lowest BCUT2D eigenvalue weighted by Crippen LogP contribution is -2.29. The van der Waals surface area contributed by atoms with Crippen LogP contribution in [0.2, 0.25) is 0 Å². The Morgan fingerprint density at radius 1 is 0.943 bits per heavy atom. The fourth-order valence-electron chi connectivity index (χ4n) is 4.23. The van der Waals surface area contributed by atoms with Crippen molar-refractivity contribution >= 4 is 5.91 Å². The van der Waals surface area contributed by atoms with Crippen molar-refractivity contribution in [3.05, 3.63) is 102 Å². The van der Waals surface area contributed by atoms with Crippen LogP contribution in [0.1, 0.15) is 62.3 Å². The molecule has 1 heterocycles. The van der Waals surface area contributed by atoms with E-state index in [9.17, 15) is 9.18 Å². The summed E-state index contributed by atoms with van der Waals surface area (Å²) in [5, 5.41) is 3.10. The zero-order valence-electron chi connectivity index (χ0n) is 21.0. The second-order valence-corrected chi connectivity index (χ2v) is 9.82. The quantitative estimate of drug-likeness (QED) is 0.325. The minimum Gasteiger partial charge on any atom is -0.344 e. The van der Waals surface area contributed by atoms with Gasteiger partial charge in [0.2, 0.25) is 0 Å². The van der Waals surface area contributed by atoms with Crippen LogP contribution in [0.25, 0.3) is 22.6 Å². The van der Waals surface area contributed by atoms with Crippen LogP contribution in [0.4, 0.5) is 4.39 Å². The molecular formula is C30H32FN3O. The Kier molecular flexibility index (Phi) is 6.88. The summed E-state index contributed by atoms with van der Waals surface area (Å²) in [4.78, 5) is 18.7. The topological polar surface area (TPSA) is 46.9 Å². The molecule has 1 unspecified atom stereocenters. The summed E-state index contributed by atoms with van der Waals surface area (Å²) in [7, 11) is 0. The first-order valence-electron chi connectivity index (χ1n) is 12.0. The van der Waals surface area contributed by atoms with E-state index >= 15 is 0 Å². The Balaban J connectivity index is 1.80. The number of rotatable bonds is 6. The number of benzene rings is 3. The first kappa shape index (κ1) is 24.4. The third kappa shape index (κ3) is 5.19. The standard InChI is InChI=1S/C30H32FN3O/c1-6-34-27(29(35)32-20(2)21-14-18-25(31)19-15-21)26(33-28(34)23-10-8-7-9-11-23)22-12-16-24(17-13-22)30(3,4)5/h7-20H,6H2,1-5H3,(H,32,35). The van der Waals surface area contributed by atoms with Crippen LogP contribution in [0, 0.1) is 5.82 Å². The highest BCUT2D eigenvalue weighted by Crippen LogP contribution is 2.32. The molecule has 0 bridgehead atoms. The number of amides is 1. The zero-order chi connectivity index (χ0) is 25.2. The maximum Gasteiger partial charge on any atom is 0.270 e. The van der Waals surface area contributed by atoms with Crippen molar-refractivity contribution in [1.82, 2.24) is 14.9 Å². The van der Waals surface area contributed by atoms with Crippen molar-refractivity contribution in [1.29, 1.82) is 0 Å². The molecule has 1 atom stereocenters. The van der Waals surface area contributed by atoms with Gasteiger partial charge in [0, 0.05) is 17.7 Å². The number of carbonyl (C=O) groups is 1. The number of imidazole rings is 1. The summed E-state index contributed by atoms with van der Waals surface area (Å²) in [5.41, 5.74) is 5.09. The SMILES string of the molecule is CCn1c(-c2ccccc2)nc(-c2ccc(C(C)(C)C)cc2)c1C(=O)NC(C)c1ccc(F)cc1. The lowest BCUT2D eigenvalue weighted by atomic mass is 9.86. The Morgan fingerprint density at radius 2 is 1.57 bits per heavy atom. The lowest BCUT2D eigenvalue weighted by molar-refractivity contribution is 0.0931. The van der Waals surface area contributed by atoms with Crippen molar-refractivity contribution in [3.63, 3.8) is 0 Å². The van der Waals surface area contributed by atoms with Crippen molar-refractivity contribution in [2.24, 2.45) is 0 Å². The third-order valence-electron chi connectivity index (χ3n) is 6.27. The molecule has 0 fully saturated rings. The number of nitrogens with one attached hydrogen (secondary N) is 1. The first-order valence-corrected chi connectivity index (χ1v) is 12.0. The molecule has 0 aliphatic rings. The number of hydrogen-bond acceptors (Lipinski definition) is 2. The van der Waals surface area contributed by atoms with Crippen LogP contribution in [0.15, 0.2) is 78.9 Å². The van der Waals surface area contributed by atoms with E-state index < -0.39 is 0 Å². The predicted molar refractivity (Wildman–Crippen MR) is 140 cm³/mol. The molecule has 4 aromatic rings. The highest BCUT2D eigenvalue weighted by Gasteiger charge is 2.26. The van der Waals surface area contributed by atoms with Gasteiger partial charge in [0.05, 0.1) is 6.04 Å². The summed E-state index contributed by atoms with van der Waals surface area (Å²) < 4.78 is 15.4. The Morgan fingerprint density at radius 3 is 2.14 bits per heavy atom. The van der Waals surface area contributed by atoms with Gasteiger partial charge in [-0.05, 0) is 42.5 Å². The minimum atomic E-state index is -0.301. The molecule has 0 aliphatic carbocycles. The Labute approximate surface area is 206 Å². The van der Waals surface area contributed by atoms with E-state index in [2.05, 4.69) is 38.2 Å². The fourth-order valence-corrected chi connectivity index (χ4v) is 4.23. The van der Waals surface area contributed by atoms with Gasteiger partial charge in [-0.2, -0.15) is 0 Å². The zero-order valence-corrected chi connectivity index (χ0v) is 21.0. The largest absolute Gasteiger partial charge is 0.344 e. The molecule has 1 aromatic heterocycles. The average Bonchev–Trinajstić information content (AvgIpc) is 3.24. The molecule has 4 nitrogen and oxygen atoms in total.